The number of hydrogen-bond donors (Lipinski definition) is 1. The maximum Gasteiger partial charge on any atom is 0.353 e. The second kappa shape index (κ2) is 9.66. The van der Waals surface area contributed by atoms with Gasteiger partial charge in [0.15, 0.2) is 6.61 Å². The van der Waals surface area contributed by atoms with Gasteiger partial charge in [-0.1, -0.05) is 12.1 Å². The Bertz CT molecular complexity index is 1010. The highest BCUT2D eigenvalue weighted by atomic mass is 32.1. The number of nitrogens with one attached hydrogen (secondary N) is 1. The number of thiophene rings is 1. The van der Waals surface area contributed by atoms with E-state index in [4.69, 9.17) is 9.47 Å². The monoisotopic (exact) mass is 408 g/mol. The fourth-order valence-electron chi connectivity index (χ4n) is 2.34. The van der Waals surface area contributed by atoms with Gasteiger partial charge >= 0.3 is 5.97 Å². The molecule has 2 aromatic carbocycles. The average Bonchev–Trinajstić information content (AvgIpc) is 3.25. The maximum absolute atomic E-state index is 11.9. The van der Waals surface area contributed by atoms with Crippen molar-refractivity contribution >= 4 is 29.4 Å². The van der Waals surface area contributed by atoms with E-state index in [9.17, 15) is 9.59 Å². The van der Waals surface area contributed by atoms with Gasteiger partial charge in [-0.2, -0.15) is 5.10 Å². The minimum atomic E-state index is -0.391. The second-order valence-electron chi connectivity index (χ2n) is 6.26. The first-order valence-corrected chi connectivity index (χ1v) is 9.77. The first-order valence-electron chi connectivity index (χ1n) is 8.89. The Kier molecular flexibility index (Phi) is 6.76. The lowest BCUT2D eigenvalue weighted by atomic mass is 10.1. The van der Waals surface area contributed by atoms with Gasteiger partial charge in [-0.3, -0.25) is 4.79 Å². The lowest BCUT2D eigenvalue weighted by Crippen LogP contribution is -2.24. The molecule has 0 bridgehead atoms. The van der Waals surface area contributed by atoms with Crippen LogP contribution in [-0.2, 0) is 4.79 Å². The Balaban J connectivity index is 1.45. The van der Waals surface area contributed by atoms with Crippen molar-refractivity contribution in [3.05, 3.63) is 81.5 Å². The van der Waals surface area contributed by atoms with Crippen molar-refractivity contribution in [2.45, 2.75) is 13.8 Å². The molecule has 3 aromatic rings. The predicted molar refractivity (Wildman–Crippen MR) is 113 cm³/mol. The number of hydrazone groups is 1. The average molecular weight is 408 g/mol. The molecule has 148 valence electrons. The fourth-order valence-corrected chi connectivity index (χ4v) is 2.94. The largest absolute Gasteiger partial charge is 0.484 e. The second-order valence-corrected chi connectivity index (χ2v) is 7.21. The summed E-state index contributed by atoms with van der Waals surface area (Å²) in [5.41, 5.74) is 5.43. The zero-order valence-corrected chi connectivity index (χ0v) is 16.9. The number of benzene rings is 2. The lowest BCUT2D eigenvalue weighted by molar-refractivity contribution is -0.123. The molecule has 7 heteroatoms. The number of carbonyl (C=O) groups excluding carboxylic acids is 2. The van der Waals surface area contributed by atoms with E-state index in [0.29, 0.717) is 16.4 Å². The summed E-state index contributed by atoms with van der Waals surface area (Å²) in [5.74, 6) is 0.324. The summed E-state index contributed by atoms with van der Waals surface area (Å²) < 4.78 is 10.7. The van der Waals surface area contributed by atoms with Crippen molar-refractivity contribution in [2.24, 2.45) is 5.10 Å². The van der Waals surface area contributed by atoms with Gasteiger partial charge in [-0.25, -0.2) is 10.2 Å². The molecule has 0 spiro atoms. The highest BCUT2D eigenvalue weighted by Gasteiger charge is 2.09. The molecular formula is C22H20N2O4S. The van der Waals surface area contributed by atoms with Crippen molar-refractivity contribution < 1.29 is 19.1 Å². The van der Waals surface area contributed by atoms with Crippen molar-refractivity contribution in [2.75, 3.05) is 6.61 Å². The van der Waals surface area contributed by atoms with Gasteiger partial charge in [-0.15, -0.1) is 11.3 Å². The van der Waals surface area contributed by atoms with Gasteiger partial charge in [-0.05, 0) is 78.4 Å². The van der Waals surface area contributed by atoms with E-state index >= 15 is 0 Å². The topological polar surface area (TPSA) is 77.0 Å². The van der Waals surface area contributed by atoms with Crippen LogP contribution < -0.4 is 14.9 Å². The summed E-state index contributed by atoms with van der Waals surface area (Å²) in [6, 6.07) is 16.0. The fraction of sp³-hybridized carbons (Fsp3) is 0.136. The molecule has 0 unspecified atom stereocenters. The van der Waals surface area contributed by atoms with E-state index in [1.807, 2.05) is 37.4 Å². The summed E-state index contributed by atoms with van der Waals surface area (Å²) in [6.07, 6.45) is 1.50. The summed E-state index contributed by atoms with van der Waals surface area (Å²) in [6.45, 7) is 3.87. The van der Waals surface area contributed by atoms with Crippen LogP contribution in [0, 0.1) is 13.8 Å². The normalized spacial score (nSPS) is 10.7. The minimum absolute atomic E-state index is 0.128. The van der Waals surface area contributed by atoms with Crippen LogP contribution in [0.2, 0.25) is 0 Å². The Morgan fingerprint density at radius 2 is 1.79 bits per heavy atom. The van der Waals surface area contributed by atoms with E-state index in [1.165, 1.54) is 23.1 Å². The van der Waals surface area contributed by atoms with Gasteiger partial charge < -0.3 is 9.47 Å². The van der Waals surface area contributed by atoms with E-state index < -0.39 is 5.97 Å². The molecule has 1 aromatic heterocycles. The Labute approximate surface area is 172 Å². The van der Waals surface area contributed by atoms with Crippen LogP contribution in [0.15, 0.2) is 65.1 Å². The zero-order chi connectivity index (χ0) is 20.6. The van der Waals surface area contributed by atoms with E-state index in [0.717, 1.165) is 11.1 Å². The van der Waals surface area contributed by atoms with Gasteiger partial charge in [0.2, 0.25) is 0 Å². The molecule has 0 aliphatic carbocycles. The molecule has 0 atom stereocenters. The number of aryl methyl sites for hydroxylation is 2. The number of hydrogen-bond acceptors (Lipinski definition) is 6. The summed E-state index contributed by atoms with van der Waals surface area (Å²) in [7, 11) is 0. The Morgan fingerprint density at radius 3 is 2.48 bits per heavy atom. The molecule has 0 aliphatic heterocycles. The van der Waals surface area contributed by atoms with Crippen LogP contribution in [0.25, 0.3) is 0 Å². The minimum Gasteiger partial charge on any atom is -0.484 e. The van der Waals surface area contributed by atoms with Gasteiger partial charge in [0.1, 0.15) is 16.4 Å². The highest BCUT2D eigenvalue weighted by Crippen LogP contribution is 2.17. The van der Waals surface area contributed by atoms with Gasteiger partial charge in [0, 0.05) is 0 Å². The third kappa shape index (κ3) is 6.02. The predicted octanol–water partition coefficient (Wildman–Crippen LogP) is 4.11. The maximum atomic E-state index is 11.9. The lowest BCUT2D eigenvalue weighted by Gasteiger charge is -2.07. The molecular weight excluding hydrogens is 388 g/mol. The molecule has 3 rings (SSSR count). The quantitative estimate of drug-likeness (QED) is 0.276. The molecule has 0 fully saturated rings. The summed E-state index contributed by atoms with van der Waals surface area (Å²) >= 11 is 1.32. The van der Waals surface area contributed by atoms with Crippen LogP contribution in [0.5, 0.6) is 11.5 Å². The van der Waals surface area contributed by atoms with Crippen molar-refractivity contribution in [3.63, 3.8) is 0 Å². The molecule has 29 heavy (non-hydrogen) atoms. The van der Waals surface area contributed by atoms with Crippen LogP contribution in [0.3, 0.4) is 0 Å². The van der Waals surface area contributed by atoms with Gasteiger partial charge in [0.25, 0.3) is 5.91 Å². The number of esters is 1. The standard InChI is InChI=1S/C22H20N2O4S/c1-15-5-8-19(12-16(15)2)27-14-21(25)24-23-13-17-6-9-18(10-7-17)28-22(26)20-4-3-11-29-20/h3-13H,14H2,1-2H3,(H,24,25). The number of nitrogens with zero attached hydrogens (tertiary/aromatic N) is 1. The molecule has 1 amide bonds. The van der Waals surface area contributed by atoms with Gasteiger partial charge in [0.05, 0.1) is 6.21 Å². The number of ether oxygens (including phenoxy) is 2. The Morgan fingerprint density at radius 1 is 1.03 bits per heavy atom. The van der Waals surface area contributed by atoms with Crippen molar-refractivity contribution in [1.82, 2.24) is 5.43 Å². The van der Waals surface area contributed by atoms with Crippen LogP contribution >= 0.6 is 11.3 Å². The van der Waals surface area contributed by atoms with E-state index in [1.54, 1.807) is 36.4 Å². The molecule has 0 radical (unpaired) electrons. The molecule has 1 heterocycles. The highest BCUT2D eigenvalue weighted by molar-refractivity contribution is 7.12. The number of rotatable bonds is 7. The third-order valence-electron chi connectivity index (χ3n) is 4.06. The smallest absolute Gasteiger partial charge is 0.353 e. The summed E-state index contributed by atoms with van der Waals surface area (Å²) in [4.78, 5) is 24.3. The number of amides is 1. The first kappa shape index (κ1) is 20.3. The molecule has 0 saturated heterocycles. The SMILES string of the molecule is Cc1ccc(OCC(=O)NN=Cc2ccc(OC(=O)c3cccs3)cc2)cc1C. The van der Waals surface area contributed by atoms with Crippen molar-refractivity contribution in [3.8, 4) is 11.5 Å². The first-order chi connectivity index (χ1) is 14.0. The van der Waals surface area contributed by atoms with Crippen LogP contribution in [0.4, 0.5) is 0 Å². The molecule has 6 nitrogen and oxygen atoms in total. The van der Waals surface area contributed by atoms with Crippen LogP contribution in [0.1, 0.15) is 26.4 Å². The molecule has 1 N–H and O–H groups in total. The molecule has 0 saturated carbocycles. The Hall–Kier alpha value is -3.45. The number of carbonyl (C=O) groups is 2. The van der Waals surface area contributed by atoms with Crippen LogP contribution in [-0.4, -0.2) is 24.7 Å². The van der Waals surface area contributed by atoms with Crippen molar-refractivity contribution in [1.29, 1.82) is 0 Å². The third-order valence-corrected chi connectivity index (χ3v) is 4.91. The van der Waals surface area contributed by atoms with E-state index in [-0.39, 0.29) is 12.5 Å². The zero-order valence-electron chi connectivity index (χ0n) is 16.0. The van der Waals surface area contributed by atoms with E-state index in [2.05, 4.69) is 10.5 Å². The molecule has 0 aliphatic rings. The summed E-state index contributed by atoms with van der Waals surface area (Å²) in [5, 5.41) is 5.72.